The second-order valence-electron chi connectivity index (χ2n) is 8.24. The largest absolute Gasteiger partial charge is 0.350 e. The van der Waals surface area contributed by atoms with Gasteiger partial charge >= 0.3 is 0 Å². The Labute approximate surface area is 184 Å². The highest BCUT2D eigenvalue weighted by molar-refractivity contribution is 7.98. The fraction of sp³-hybridized carbons (Fsp3) is 0.522. The summed E-state index contributed by atoms with van der Waals surface area (Å²) in [7, 11) is 0. The van der Waals surface area contributed by atoms with Gasteiger partial charge in [0.25, 0.3) is 5.91 Å². The Bertz CT molecular complexity index is 861. The summed E-state index contributed by atoms with van der Waals surface area (Å²) in [6, 6.07) is 7.93. The summed E-state index contributed by atoms with van der Waals surface area (Å²) in [6.45, 7) is 16.0. The third-order valence-electron chi connectivity index (χ3n) is 5.62. The van der Waals surface area contributed by atoms with Crippen LogP contribution in [0.5, 0.6) is 0 Å². The third-order valence-corrected chi connectivity index (χ3v) is 6.54. The molecule has 1 amide bonds. The average Bonchev–Trinajstić information content (AvgIpc) is 2.74. The Balaban J connectivity index is 1.66. The minimum atomic E-state index is -0.0312. The zero-order valence-electron chi connectivity index (χ0n) is 18.8. The Morgan fingerprint density at radius 3 is 2.43 bits per heavy atom. The van der Waals surface area contributed by atoms with Gasteiger partial charge < -0.3 is 15.1 Å². The zero-order valence-corrected chi connectivity index (χ0v) is 19.6. The lowest BCUT2D eigenvalue weighted by atomic mass is 10.1. The number of nitrogens with zero attached hydrogens (tertiary/aromatic N) is 3. The van der Waals surface area contributed by atoms with Gasteiger partial charge in [0.05, 0.1) is 32.7 Å². The van der Waals surface area contributed by atoms with Crippen molar-refractivity contribution in [3.8, 4) is 0 Å². The van der Waals surface area contributed by atoms with Gasteiger partial charge in [-0.05, 0) is 52.3 Å². The normalized spacial score (nSPS) is 14.9. The number of anilines is 1. The molecule has 1 aromatic heterocycles. The predicted octanol–water partition coefficient (Wildman–Crippen LogP) is 2.25. The average molecular weight is 429 g/mol. The number of thioether (sulfide) groups is 1. The molecule has 2 N–H and O–H groups in total. The van der Waals surface area contributed by atoms with Crippen molar-refractivity contribution < 1.29 is 9.69 Å². The number of benzene rings is 1. The number of aryl methyl sites for hydroxylation is 1. The van der Waals surface area contributed by atoms with E-state index in [2.05, 4.69) is 31.0 Å². The van der Waals surface area contributed by atoms with Gasteiger partial charge in [-0.25, -0.2) is 9.97 Å². The molecular weight excluding hydrogens is 394 g/mol. The predicted molar refractivity (Wildman–Crippen MR) is 124 cm³/mol. The highest BCUT2D eigenvalue weighted by Gasteiger charge is 2.22. The van der Waals surface area contributed by atoms with Crippen molar-refractivity contribution in [3.63, 3.8) is 0 Å². The highest BCUT2D eigenvalue weighted by Crippen LogP contribution is 2.26. The minimum absolute atomic E-state index is 0.0312. The maximum atomic E-state index is 12.1. The van der Waals surface area contributed by atoms with E-state index in [4.69, 9.17) is 9.97 Å². The van der Waals surface area contributed by atoms with Crippen LogP contribution in [0.25, 0.3) is 0 Å². The van der Waals surface area contributed by atoms with Crippen LogP contribution in [0.3, 0.4) is 0 Å². The molecule has 1 aliphatic heterocycles. The summed E-state index contributed by atoms with van der Waals surface area (Å²) in [5, 5.41) is 3.74. The van der Waals surface area contributed by atoms with Gasteiger partial charge in [0.1, 0.15) is 5.82 Å². The molecule has 30 heavy (non-hydrogen) atoms. The first kappa shape index (κ1) is 22.6. The van der Waals surface area contributed by atoms with Gasteiger partial charge in [-0.15, -0.1) is 0 Å². The number of hydrogen-bond acceptors (Lipinski definition) is 5. The fourth-order valence-corrected chi connectivity index (χ4v) is 4.44. The van der Waals surface area contributed by atoms with Gasteiger partial charge in [0.15, 0.2) is 5.16 Å². The van der Waals surface area contributed by atoms with Gasteiger partial charge in [-0.3, -0.25) is 4.79 Å². The number of piperazine rings is 1. The first-order valence-corrected chi connectivity index (χ1v) is 11.8. The maximum Gasteiger partial charge on any atom is 0.251 e. The Kier molecular flexibility index (Phi) is 7.72. The van der Waals surface area contributed by atoms with Crippen LogP contribution in [-0.2, 0) is 5.75 Å². The molecule has 2 heterocycles. The van der Waals surface area contributed by atoms with Crippen molar-refractivity contribution in [1.29, 1.82) is 0 Å². The van der Waals surface area contributed by atoms with Crippen LogP contribution in [0.2, 0.25) is 0 Å². The molecule has 7 heteroatoms. The standard InChI is InChI=1S/C23H33N5OS/c1-6-27-11-13-28(14-12-27)21-17(4)18(5)25-23(26-21)30-15-19-7-9-20(10-8-19)22(29)24-16(2)3/h7-10,16H,6,11-15H2,1-5H3,(H,24,29)/p+1. The van der Waals surface area contributed by atoms with Crippen molar-refractivity contribution in [2.24, 2.45) is 0 Å². The van der Waals surface area contributed by atoms with E-state index in [1.54, 1.807) is 16.7 Å². The number of carbonyl (C=O) groups is 1. The van der Waals surface area contributed by atoms with Gasteiger partial charge in [0.2, 0.25) is 0 Å². The molecule has 0 bridgehead atoms. The lowest BCUT2D eigenvalue weighted by Gasteiger charge is -2.33. The monoisotopic (exact) mass is 428 g/mol. The first-order valence-electron chi connectivity index (χ1n) is 10.8. The summed E-state index contributed by atoms with van der Waals surface area (Å²) < 4.78 is 0. The molecule has 162 valence electrons. The summed E-state index contributed by atoms with van der Waals surface area (Å²) in [5.74, 6) is 1.83. The molecule has 0 atom stereocenters. The van der Waals surface area contributed by atoms with Gasteiger partial charge in [-0.2, -0.15) is 0 Å². The lowest BCUT2D eigenvalue weighted by molar-refractivity contribution is -0.898. The van der Waals surface area contributed by atoms with E-state index < -0.39 is 0 Å². The van der Waals surface area contributed by atoms with Crippen LogP contribution < -0.4 is 15.1 Å². The van der Waals surface area contributed by atoms with E-state index >= 15 is 0 Å². The quantitative estimate of drug-likeness (QED) is 0.523. The zero-order chi connectivity index (χ0) is 21.7. The van der Waals surface area contributed by atoms with Crippen LogP contribution in [-0.4, -0.2) is 54.6 Å². The van der Waals surface area contributed by atoms with Crippen LogP contribution in [0, 0.1) is 13.8 Å². The molecular formula is C23H34N5OS+. The topological polar surface area (TPSA) is 62.6 Å². The van der Waals surface area contributed by atoms with Gasteiger partial charge in [-0.1, -0.05) is 23.9 Å². The number of aromatic nitrogens is 2. The molecule has 1 aromatic carbocycles. The van der Waals surface area contributed by atoms with Crippen LogP contribution in [0.4, 0.5) is 5.82 Å². The molecule has 1 saturated heterocycles. The molecule has 3 rings (SSSR count). The van der Waals surface area contributed by atoms with Crippen LogP contribution in [0.15, 0.2) is 29.4 Å². The molecule has 0 spiro atoms. The van der Waals surface area contributed by atoms with E-state index in [0.29, 0.717) is 5.56 Å². The number of hydrogen-bond donors (Lipinski definition) is 2. The van der Waals surface area contributed by atoms with Crippen molar-refractivity contribution in [1.82, 2.24) is 15.3 Å². The molecule has 2 aromatic rings. The molecule has 0 radical (unpaired) electrons. The van der Waals surface area contributed by atoms with E-state index in [0.717, 1.165) is 54.2 Å². The van der Waals surface area contributed by atoms with Crippen LogP contribution >= 0.6 is 11.8 Å². The van der Waals surface area contributed by atoms with E-state index in [1.165, 1.54) is 12.1 Å². The second kappa shape index (κ2) is 10.3. The van der Waals surface area contributed by atoms with E-state index in [9.17, 15) is 4.79 Å². The summed E-state index contributed by atoms with van der Waals surface area (Å²) in [4.78, 5) is 25.8. The smallest absolute Gasteiger partial charge is 0.251 e. The number of carbonyl (C=O) groups excluding carboxylic acids is 1. The van der Waals surface area contributed by atoms with Gasteiger partial charge in [0, 0.05) is 28.6 Å². The van der Waals surface area contributed by atoms with E-state index in [1.807, 2.05) is 38.1 Å². The summed E-state index contributed by atoms with van der Waals surface area (Å²) in [6.07, 6.45) is 0. The molecule has 6 nitrogen and oxygen atoms in total. The summed E-state index contributed by atoms with van der Waals surface area (Å²) >= 11 is 1.65. The Hall–Kier alpha value is -2.12. The van der Waals surface area contributed by atoms with Crippen molar-refractivity contribution >= 4 is 23.5 Å². The fourth-order valence-electron chi connectivity index (χ4n) is 3.60. The molecule has 0 aliphatic carbocycles. The van der Waals surface area contributed by atoms with E-state index in [-0.39, 0.29) is 11.9 Å². The minimum Gasteiger partial charge on any atom is -0.350 e. The third kappa shape index (κ3) is 5.73. The summed E-state index contributed by atoms with van der Waals surface area (Å²) in [5.41, 5.74) is 4.08. The number of rotatable bonds is 7. The van der Waals surface area contributed by atoms with Crippen LogP contribution in [0.1, 0.15) is 48.0 Å². The number of likely N-dealkylation sites (N-methyl/N-ethyl adjacent to an activating group) is 1. The van der Waals surface area contributed by atoms with Crippen molar-refractivity contribution in [3.05, 3.63) is 46.6 Å². The Morgan fingerprint density at radius 2 is 1.83 bits per heavy atom. The Morgan fingerprint density at radius 1 is 1.17 bits per heavy atom. The number of nitrogens with one attached hydrogen (secondary N) is 2. The molecule has 0 unspecified atom stereocenters. The molecule has 1 aliphatic rings. The first-order chi connectivity index (χ1) is 14.4. The van der Waals surface area contributed by atoms with Crippen molar-refractivity contribution in [2.45, 2.75) is 51.6 Å². The number of quaternary nitrogens is 1. The number of amides is 1. The molecule has 0 saturated carbocycles. The van der Waals surface area contributed by atoms with Crippen molar-refractivity contribution in [2.75, 3.05) is 37.6 Å². The molecule has 1 fully saturated rings. The SMILES string of the molecule is CC[NH+]1CCN(c2nc(SCc3ccc(C(=O)NC(C)C)cc3)nc(C)c2C)CC1. The maximum absolute atomic E-state index is 12.1. The highest BCUT2D eigenvalue weighted by atomic mass is 32.2. The lowest BCUT2D eigenvalue weighted by Crippen LogP contribution is -3.14. The second-order valence-corrected chi connectivity index (χ2v) is 9.19.